The van der Waals surface area contributed by atoms with E-state index in [0.717, 1.165) is 0 Å². The standard InChI is InChI=1S/C8H6Cl2O3.C8H17NO2/c1-13-7-5(10)3-2-4(9)6(7)8(11)12;1-2-3-8(9,4-6-10)5-7-11/h2-3H,1H3,(H,11,12);2,10-11H,1,3-7,9H2. The van der Waals surface area contributed by atoms with Crippen LogP contribution >= 0.6 is 23.2 Å². The second kappa shape index (κ2) is 11.3. The van der Waals surface area contributed by atoms with Crippen molar-refractivity contribution in [3.8, 4) is 5.75 Å². The van der Waals surface area contributed by atoms with E-state index in [9.17, 15) is 4.79 Å². The maximum atomic E-state index is 10.7. The summed E-state index contributed by atoms with van der Waals surface area (Å²) < 4.78 is 4.82. The largest absolute Gasteiger partial charge is 0.494 e. The molecule has 5 N–H and O–H groups in total. The summed E-state index contributed by atoms with van der Waals surface area (Å²) in [5.41, 5.74) is 5.26. The van der Waals surface area contributed by atoms with Crippen molar-refractivity contribution in [2.45, 2.75) is 24.8 Å². The average molecular weight is 380 g/mol. The number of aromatic carboxylic acids is 1. The van der Waals surface area contributed by atoms with Gasteiger partial charge in [-0.1, -0.05) is 29.3 Å². The Labute approximate surface area is 151 Å². The van der Waals surface area contributed by atoms with Gasteiger partial charge in [0.05, 0.1) is 17.2 Å². The minimum absolute atomic E-state index is 0.0599. The fraction of sp³-hybridized carbons (Fsp3) is 0.438. The van der Waals surface area contributed by atoms with E-state index in [1.807, 2.05) is 0 Å². The molecule has 6 nitrogen and oxygen atoms in total. The Morgan fingerprint density at radius 3 is 2.12 bits per heavy atom. The van der Waals surface area contributed by atoms with Gasteiger partial charge in [0.2, 0.25) is 0 Å². The van der Waals surface area contributed by atoms with E-state index in [1.54, 1.807) is 6.08 Å². The molecule has 0 radical (unpaired) electrons. The van der Waals surface area contributed by atoms with Crippen LogP contribution in [0, 0.1) is 0 Å². The lowest BCUT2D eigenvalue weighted by molar-refractivity contribution is 0.0693. The summed E-state index contributed by atoms with van der Waals surface area (Å²) in [4.78, 5) is 10.7. The third-order valence-electron chi connectivity index (χ3n) is 3.25. The molecule has 8 heteroatoms. The first-order valence-corrected chi connectivity index (χ1v) is 7.88. The Morgan fingerprint density at radius 2 is 1.79 bits per heavy atom. The van der Waals surface area contributed by atoms with Crippen molar-refractivity contribution >= 4 is 29.2 Å². The molecule has 0 amide bonds. The molecule has 0 saturated heterocycles. The highest BCUT2D eigenvalue weighted by Crippen LogP contribution is 2.33. The van der Waals surface area contributed by atoms with Crippen molar-refractivity contribution in [2.75, 3.05) is 20.3 Å². The summed E-state index contributed by atoms with van der Waals surface area (Å²) in [5.74, 6) is -1.08. The van der Waals surface area contributed by atoms with Crippen LogP contribution in [0.25, 0.3) is 0 Å². The molecular weight excluding hydrogens is 357 g/mol. The van der Waals surface area contributed by atoms with Crippen LogP contribution in [0.1, 0.15) is 29.6 Å². The van der Waals surface area contributed by atoms with Crippen LogP contribution in [0.3, 0.4) is 0 Å². The van der Waals surface area contributed by atoms with Crippen molar-refractivity contribution in [3.05, 3.63) is 40.4 Å². The predicted molar refractivity (Wildman–Crippen MR) is 95.1 cm³/mol. The molecule has 0 bridgehead atoms. The van der Waals surface area contributed by atoms with Crippen molar-refractivity contribution in [1.29, 1.82) is 0 Å². The third kappa shape index (κ3) is 7.07. The number of benzene rings is 1. The molecule has 0 aliphatic heterocycles. The van der Waals surface area contributed by atoms with Gasteiger partial charge in [0, 0.05) is 18.8 Å². The number of aliphatic hydroxyl groups excluding tert-OH is 2. The minimum atomic E-state index is -1.16. The number of rotatable bonds is 8. The topological polar surface area (TPSA) is 113 Å². The van der Waals surface area contributed by atoms with Crippen molar-refractivity contribution in [3.63, 3.8) is 0 Å². The van der Waals surface area contributed by atoms with Crippen LogP contribution in [0.15, 0.2) is 24.8 Å². The lowest BCUT2D eigenvalue weighted by atomic mass is 9.89. The second-order valence-corrected chi connectivity index (χ2v) is 5.86. The first-order valence-electron chi connectivity index (χ1n) is 7.13. The quantitative estimate of drug-likeness (QED) is 0.516. The van der Waals surface area contributed by atoms with Crippen LogP contribution in [0.5, 0.6) is 5.75 Å². The Morgan fingerprint density at radius 1 is 1.29 bits per heavy atom. The second-order valence-electron chi connectivity index (χ2n) is 5.04. The number of hydrogen-bond acceptors (Lipinski definition) is 5. The first-order chi connectivity index (χ1) is 11.3. The average Bonchev–Trinajstić information content (AvgIpc) is 2.50. The number of nitrogens with two attached hydrogens (primary N) is 1. The van der Waals surface area contributed by atoms with Crippen LogP contribution in [0.4, 0.5) is 0 Å². The van der Waals surface area contributed by atoms with Gasteiger partial charge in [-0.2, -0.15) is 0 Å². The fourth-order valence-corrected chi connectivity index (χ4v) is 2.46. The molecule has 0 heterocycles. The Balaban J connectivity index is 0.000000449. The van der Waals surface area contributed by atoms with Gasteiger partial charge >= 0.3 is 5.97 Å². The molecular formula is C16H23Cl2NO5. The molecule has 1 rings (SSSR count). The lowest BCUT2D eigenvalue weighted by Crippen LogP contribution is -2.41. The van der Waals surface area contributed by atoms with Crippen LogP contribution in [-0.4, -0.2) is 47.2 Å². The van der Waals surface area contributed by atoms with E-state index in [2.05, 4.69) is 6.58 Å². The SMILES string of the molecule is C=CCC(N)(CCO)CCO.COc1c(Cl)ccc(Cl)c1C(=O)O. The Kier molecular flexibility index (Phi) is 10.7. The molecule has 0 aliphatic rings. The van der Waals surface area contributed by atoms with E-state index in [4.69, 9.17) is 49.0 Å². The Hall–Kier alpha value is -1.31. The highest BCUT2D eigenvalue weighted by Gasteiger charge is 2.21. The highest BCUT2D eigenvalue weighted by atomic mass is 35.5. The summed E-state index contributed by atoms with van der Waals surface area (Å²) in [6.45, 7) is 3.69. The van der Waals surface area contributed by atoms with Crippen molar-refractivity contribution in [2.24, 2.45) is 5.73 Å². The molecule has 1 aromatic carbocycles. The summed E-state index contributed by atoms with van der Waals surface area (Å²) in [5, 5.41) is 26.4. The zero-order valence-corrected chi connectivity index (χ0v) is 15.0. The van der Waals surface area contributed by atoms with E-state index in [0.29, 0.717) is 19.3 Å². The zero-order valence-electron chi connectivity index (χ0n) is 13.5. The van der Waals surface area contributed by atoms with Crippen LogP contribution < -0.4 is 10.5 Å². The molecule has 1 aromatic rings. The van der Waals surface area contributed by atoms with Gasteiger partial charge in [-0.15, -0.1) is 6.58 Å². The number of halogens is 2. The summed E-state index contributed by atoms with van der Waals surface area (Å²) in [6.07, 6.45) is 3.37. The molecule has 0 atom stereocenters. The van der Waals surface area contributed by atoms with Gasteiger partial charge in [-0.05, 0) is 31.4 Å². The van der Waals surface area contributed by atoms with Crippen molar-refractivity contribution in [1.82, 2.24) is 0 Å². The Bertz CT molecular complexity index is 546. The van der Waals surface area contributed by atoms with E-state index >= 15 is 0 Å². The van der Waals surface area contributed by atoms with Gasteiger partial charge in [0.15, 0.2) is 5.75 Å². The molecule has 136 valence electrons. The normalized spacial score (nSPS) is 10.6. The van der Waals surface area contributed by atoms with Gasteiger partial charge < -0.3 is 25.8 Å². The third-order valence-corrected chi connectivity index (χ3v) is 3.86. The smallest absolute Gasteiger partial charge is 0.341 e. The van der Waals surface area contributed by atoms with E-state index in [1.165, 1.54) is 19.2 Å². The van der Waals surface area contributed by atoms with Gasteiger partial charge in [-0.25, -0.2) is 4.79 Å². The molecule has 0 saturated carbocycles. The monoisotopic (exact) mass is 379 g/mol. The highest BCUT2D eigenvalue weighted by molar-refractivity contribution is 6.36. The molecule has 0 aromatic heterocycles. The lowest BCUT2D eigenvalue weighted by Gasteiger charge is -2.26. The number of methoxy groups -OCH3 is 1. The zero-order chi connectivity index (χ0) is 18.8. The molecule has 0 fully saturated rings. The fourth-order valence-electron chi connectivity index (χ4n) is 1.99. The van der Waals surface area contributed by atoms with Gasteiger partial charge in [0.1, 0.15) is 5.56 Å². The van der Waals surface area contributed by atoms with Crippen molar-refractivity contribution < 1.29 is 24.9 Å². The molecule has 0 unspecified atom stereocenters. The van der Waals surface area contributed by atoms with Crippen LogP contribution in [-0.2, 0) is 0 Å². The van der Waals surface area contributed by atoms with E-state index in [-0.39, 0.29) is 34.6 Å². The van der Waals surface area contributed by atoms with E-state index < -0.39 is 11.5 Å². The number of carboxylic acids is 1. The maximum absolute atomic E-state index is 10.7. The molecule has 0 aliphatic carbocycles. The summed E-state index contributed by atoms with van der Waals surface area (Å²) in [7, 11) is 1.34. The number of carboxylic acid groups (broad SMARTS) is 1. The number of aliphatic hydroxyl groups is 2. The maximum Gasteiger partial charge on any atom is 0.341 e. The number of carbonyl (C=O) groups is 1. The number of hydrogen-bond donors (Lipinski definition) is 4. The summed E-state index contributed by atoms with van der Waals surface area (Å²) in [6, 6.07) is 2.89. The molecule has 0 spiro atoms. The molecule has 24 heavy (non-hydrogen) atoms. The minimum Gasteiger partial charge on any atom is -0.494 e. The van der Waals surface area contributed by atoms with Gasteiger partial charge in [-0.3, -0.25) is 0 Å². The number of ether oxygens (including phenoxy) is 1. The predicted octanol–water partition coefficient (Wildman–Crippen LogP) is 2.73. The van der Waals surface area contributed by atoms with Gasteiger partial charge in [0.25, 0.3) is 0 Å². The summed E-state index contributed by atoms with van der Waals surface area (Å²) >= 11 is 11.4. The first kappa shape index (κ1) is 22.7. The van der Waals surface area contributed by atoms with Crippen LogP contribution in [0.2, 0.25) is 10.0 Å².